The minimum absolute atomic E-state index is 0.428. The summed E-state index contributed by atoms with van der Waals surface area (Å²) >= 11 is 6.10. The molecule has 0 saturated carbocycles. The zero-order valence-corrected chi connectivity index (χ0v) is 12.0. The summed E-state index contributed by atoms with van der Waals surface area (Å²) in [6.07, 6.45) is 0.762. The van der Waals surface area contributed by atoms with Crippen molar-refractivity contribution in [2.45, 2.75) is 25.5 Å². The van der Waals surface area contributed by atoms with Gasteiger partial charge in [-0.3, -0.25) is 4.90 Å². The third kappa shape index (κ3) is 2.57. The maximum Gasteiger partial charge on any atom is 0.249 e. The highest BCUT2D eigenvalue weighted by Crippen LogP contribution is 2.28. The first-order valence-electron chi connectivity index (χ1n) is 6.62. The Hall–Kier alpha value is -1.43. The fourth-order valence-corrected chi connectivity index (χ4v) is 2.59. The largest absolute Gasteiger partial charge is 0.419 e. The third-order valence-electron chi connectivity index (χ3n) is 3.62. The fourth-order valence-electron chi connectivity index (χ4n) is 2.37. The van der Waals surface area contributed by atoms with Crippen LogP contribution in [-0.2, 0) is 6.54 Å². The zero-order chi connectivity index (χ0) is 14.2. The highest BCUT2D eigenvalue weighted by molar-refractivity contribution is 6.33. The van der Waals surface area contributed by atoms with Crippen LogP contribution >= 0.6 is 11.6 Å². The SMILES string of the molecule is CCC1(O)CN(Cc2nnc(-c3ccccc3Cl)o2)C1. The summed E-state index contributed by atoms with van der Waals surface area (Å²) in [6, 6.07) is 7.37. The van der Waals surface area contributed by atoms with E-state index in [1.165, 1.54) is 0 Å². The molecule has 1 aliphatic heterocycles. The maximum atomic E-state index is 9.96. The average Bonchev–Trinajstić information content (AvgIpc) is 2.85. The van der Waals surface area contributed by atoms with Crippen LogP contribution in [0.3, 0.4) is 0 Å². The van der Waals surface area contributed by atoms with Gasteiger partial charge < -0.3 is 9.52 Å². The summed E-state index contributed by atoms with van der Waals surface area (Å²) in [4.78, 5) is 2.08. The predicted molar refractivity (Wildman–Crippen MR) is 75.3 cm³/mol. The molecule has 1 aliphatic rings. The molecular weight excluding hydrogens is 278 g/mol. The van der Waals surface area contributed by atoms with Gasteiger partial charge in [-0.25, -0.2) is 0 Å². The van der Waals surface area contributed by atoms with Crippen LogP contribution in [0.25, 0.3) is 11.5 Å². The first-order chi connectivity index (χ1) is 9.59. The van der Waals surface area contributed by atoms with Crippen molar-refractivity contribution in [3.8, 4) is 11.5 Å². The Bertz CT molecular complexity index is 608. The molecule has 1 saturated heterocycles. The van der Waals surface area contributed by atoms with Gasteiger partial charge in [-0.15, -0.1) is 10.2 Å². The molecule has 0 bridgehead atoms. The van der Waals surface area contributed by atoms with E-state index in [0.29, 0.717) is 36.4 Å². The molecule has 6 heteroatoms. The summed E-state index contributed by atoms with van der Waals surface area (Å²) in [5.74, 6) is 0.968. The normalized spacial score (nSPS) is 17.9. The first-order valence-corrected chi connectivity index (χ1v) is 6.99. The van der Waals surface area contributed by atoms with Crippen LogP contribution in [0.1, 0.15) is 19.2 Å². The topological polar surface area (TPSA) is 62.4 Å². The number of hydrogen-bond donors (Lipinski definition) is 1. The molecule has 0 amide bonds. The molecule has 2 heterocycles. The monoisotopic (exact) mass is 293 g/mol. The molecule has 1 aromatic heterocycles. The number of halogens is 1. The van der Waals surface area contributed by atoms with Crippen molar-refractivity contribution in [3.05, 3.63) is 35.2 Å². The molecule has 106 valence electrons. The van der Waals surface area contributed by atoms with E-state index in [1.807, 2.05) is 25.1 Å². The van der Waals surface area contributed by atoms with Gasteiger partial charge >= 0.3 is 0 Å². The van der Waals surface area contributed by atoms with Gasteiger partial charge in [0.05, 0.1) is 22.7 Å². The third-order valence-corrected chi connectivity index (χ3v) is 3.95. The average molecular weight is 294 g/mol. The molecule has 0 spiro atoms. The fraction of sp³-hybridized carbons (Fsp3) is 0.429. The number of aromatic nitrogens is 2. The van der Waals surface area contributed by atoms with Crippen LogP contribution in [0.5, 0.6) is 0 Å². The first kappa shape index (κ1) is 13.5. The minimum Gasteiger partial charge on any atom is -0.419 e. The van der Waals surface area contributed by atoms with Gasteiger partial charge in [-0.05, 0) is 18.6 Å². The van der Waals surface area contributed by atoms with Gasteiger partial charge in [0.1, 0.15) is 0 Å². The molecule has 0 aliphatic carbocycles. The van der Waals surface area contributed by atoms with E-state index in [4.69, 9.17) is 16.0 Å². The van der Waals surface area contributed by atoms with Crippen LogP contribution in [0.2, 0.25) is 5.02 Å². The lowest BCUT2D eigenvalue weighted by atomic mass is 9.91. The van der Waals surface area contributed by atoms with Crippen molar-refractivity contribution in [2.24, 2.45) is 0 Å². The Morgan fingerprint density at radius 3 is 2.80 bits per heavy atom. The van der Waals surface area contributed by atoms with Crippen LogP contribution in [-0.4, -0.2) is 38.9 Å². The Balaban J connectivity index is 1.68. The van der Waals surface area contributed by atoms with Gasteiger partial charge in [-0.1, -0.05) is 30.7 Å². The quantitative estimate of drug-likeness (QED) is 0.937. The second kappa shape index (κ2) is 5.16. The van der Waals surface area contributed by atoms with E-state index in [-0.39, 0.29) is 0 Å². The summed E-state index contributed by atoms with van der Waals surface area (Å²) in [7, 11) is 0. The Labute approximate surface area is 122 Å². The second-order valence-electron chi connectivity index (χ2n) is 5.20. The predicted octanol–water partition coefficient (Wildman–Crippen LogP) is 2.35. The van der Waals surface area contributed by atoms with E-state index in [1.54, 1.807) is 6.07 Å². The Morgan fingerprint density at radius 2 is 2.10 bits per heavy atom. The smallest absolute Gasteiger partial charge is 0.249 e. The van der Waals surface area contributed by atoms with Gasteiger partial charge in [0.15, 0.2) is 0 Å². The van der Waals surface area contributed by atoms with Crippen LogP contribution < -0.4 is 0 Å². The zero-order valence-electron chi connectivity index (χ0n) is 11.2. The Morgan fingerprint density at radius 1 is 1.35 bits per heavy atom. The highest BCUT2D eigenvalue weighted by atomic mass is 35.5. The van der Waals surface area contributed by atoms with Crippen LogP contribution in [0.15, 0.2) is 28.7 Å². The molecule has 3 rings (SSSR count). The number of nitrogens with zero attached hydrogens (tertiary/aromatic N) is 3. The molecule has 20 heavy (non-hydrogen) atoms. The molecule has 1 aromatic carbocycles. The maximum absolute atomic E-state index is 9.96. The molecule has 1 fully saturated rings. The lowest BCUT2D eigenvalue weighted by Crippen LogP contribution is -2.60. The number of aliphatic hydroxyl groups is 1. The van der Waals surface area contributed by atoms with E-state index >= 15 is 0 Å². The summed E-state index contributed by atoms with van der Waals surface area (Å²) in [6.45, 7) is 3.83. The van der Waals surface area contributed by atoms with Crippen molar-refractivity contribution < 1.29 is 9.52 Å². The molecule has 2 aromatic rings. The molecule has 5 nitrogen and oxygen atoms in total. The Kier molecular flexibility index (Phi) is 3.50. The van der Waals surface area contributed by atoms with E-state index in [2.05, 4.69) is 15.1 Å². The highest BCUT2D eigenvalue weighted by Gasteiger charge is 2.39. The van der Waals surface area contributed by atoms with E-state index in [9.17, 15) is 5.11 Å². The number of hydrogen-bond acceptors (Lipinski definition) is 5. The van der Waals surface area contributed by atoms with Crippen molar-refractivity contribution in [1.82, 2.24) is 15.1 Å². The van der Waals surface area contributed by atoms with Crippen molar-refractivity contribution in [2.75, 3.05) is 13.1 Å². The van der Waals surface area contributed by atoms with Gasteiger partial charge in [0.25, 0.3) is 0 Å². The lowest BCUT2D eigenvalue weighted by molar-refractivity contribution is -0.105. The van der Waals surface area contributed by atoms with Gasteiger partial charge in [0.2, 0.25) is 11.8 Å². The van der Waals surface area contributed by atoms with Crippen LogP contribution in [0, 0.1) is 0 Å². The number of β-amino-alcohol motifs (C(OH)–C–C–N with tert-alkyl or cyclic N) is 1. The molecular formula is C14H16ClN3O2. The summed E-state index contributed by atoms with van der Waals surface area (Å²) < 4.78 is 5.63. The van der Waals surface area contributed by atoms with Crippen molar-refractivity contribution >= 4 is 11.6 Å². The van der Waals surface area contributed by atoms with E-state index < -0.39 is 5.60 Å². The summed E-state index contributed by atoms with van der Waals surface area (Å²) in [5, 5.41) is 18.6. The van der Waals surface area contributed by atoms with E-state index in [0.717, 1.165) is 12.0 Å². The number of rotatable bonds is 4. The minimum atomic E-state index is -0.550. The molecule has 0 unspecified atom stereocenters. The molecule has 0 radical (unpaired) electrons. The molecule has 1 N–H and O–H groups in total. The number of likely N-dealkylation sites (tertiary alicyclic amines) is 1. The van der Waals surface area contributed by atoms with Crippen molar-refractivity contribution in [1.29, 1.82) is 0 Å². The van der Waals surface area contributed by atoms with Crippen molar-refractivity contribution in [3.63, 3.8) is 0 Å². The molecule has 0 atom stereocenters. The standard InChI is InChI=1S/C14H16ClN3O2/c1-2-14(19)8-18(9-14)7-12-16-17-13(20-12)10-5-3-4-6-11(10)15/h3-6,19H,2,7-9H2,1H3. The lowest BCUT2D eigenvalue weighted by Gasteiger charge is -2.45. The van der Waals surface area contributed by atoms with Gasteiger partial charge in [-0.2, -0.15) is 0 Å². The van der Waals surface area contributed by atoms with Gasteiger partial charge in [0, 0.05) is 13.1 Å². The number of benzene rings is 1. The summed E-state index contributed by atoms with van der Waals surface area (Å²) in [5.41, 5.74) is 0.188. The van der Waals surface area contributed by atoms with Crippen LogP contribution in [0.4, 0.5) is 0 Å². The second-order valence-corrected chi connectivity index (χ2v) is 5.61.